The molecule has 1 heterocycles. The summed E-state index contributed by atoms with van der Waals surface area (Å²) in [5.74, 6) is 1.24. The summed E-state index contributed by atoms with van der Waals surface area (Å²) in [7, 11) is 0. The number of nitrogens with zero attached hydrogens (tertiary/aromatic N) is 2. The third-order valence-corrected chi connectivity index (χ3v) is 4.76. The molecule has 1 aliphatic carbocycles. The largest absolute Gasteiger partial charge is 0.323 e. The van der Waals surface area contributed by atoms with Gasteiger partial charge < -0.3 is 9.88 Å². The minimum absolute atomic E-state index is 0.551. The number of hydrogen-bond donors (Lipinski definition) is 1. The molecule has 0 spiro atoms. The summed E-state index contributed by atoms with van der Waals surface area (Å²) in [6.07, 6.45) is 7.61. The molecule has 3 nitrogen and oxygen atoms in total. The van der Waals surface area contributed by atoms with E-state index in [4.69, 9.17) is 4.98 Å². The zero-order valence-electron chi connectivity index (χ0n) is 13.3. The SMILES string of the molecule is CCNC1CCCCCC1n1c(CC)nc2ccccc21. The maximum atomic E-state index is 4.87. The van der Waals surface area contributed by atoms with Gasteiger partial charge in [0, 0.05) is 12.5 Å². The van der Waals surface area contributed by atoms with E-state index in [1.165, 1.54) is 43.4 Å². The molecule has 0 radical (unpaired) electrons. The Morgan fingerprint density at radius 2 is 1.95 bits per heavy atom. The first-order chi connectivity index (χ1) is 10.3. The summed E-state index contributed by atoms with van der Waals surface area (Å²) >= 11 is 0. The Bertz CT molecular complexity index is 587. The van der Waals surface area contributed by atoms with Crippen LogP contribution in [0.4, 0.5) is 0 Å². The number of aromatic nitrogens is 2. The van der Waals surface area contributed by atoms with E-state index in [-0.39, 0.29) is 0 Å². The summed E-state index contributed by atoms with van der Waals surface area (Å²) in [5, 5.41) is 3.73. The third-order valence-electron chi connectivity index (χ3n) is 4.76. The van der Waals surface area contributed by atoms with Crippen molar-refractivity contribution in [2.75, 3.05) is 6.54 Å². The lowest BCUT2D eigenvalue weighted by Crippen LogP contribution is -2.37. The van der Waals surface area contributed by atoms with Crippen LogP contribution in [0.5, 0.6) is 0 Å². The van der Waals surface area contributed by atoms with Crippen molar-refractivity contribution in [2.45, 2.75) is 64.5 Å². The predicted octanol–water partition coefficient (Wildman–Crippen LogP) is 4.08. The number of rotatable bonds is 4. The number of benzene rings is 1. The Hall–Kier alpha value is -1.35. The monoisotopic (exact) mass is 285 g/mol. The van der Waals surface area contributed by atoms with Gasteiger partial charge in [0.2, 0.25) is 0 Å². The molecule has 1 saturated carbocycles. The normalized spacial score (nSPS) is 23.3. The second-order valence-electron chi connectivity index (χ2n) is 6.11. The highest BCUT2D eigenvalue weighted by atomic mass is 15.1. The maximum absolute atomic E-state index is 4.87. The summed E-state index contributed by atoms with van der Waals surface area (Å²) < 4.78 is 2.54. The second-order valence-corrected chi connectivity index (χ2v) is 6.11. The average Bonchev–Trinajstić information content (AvgIpc) is 2.73. The fourth-order valence-corrected chi connectivity index (χ4v) is 3.81. The predicted molar refractivity (Wildman–Crippen MR) is 88.7 cm³/mol. The molecule has 3 rings (SSSR count). The van der Waals surface area contributed by atoms with Gasteiger partial charge in [-0.1, -0.05) is 45.2 Å². The molecule has 0 amide bonds. The van der Waals surface area contributed by atoms with Crippen LogP contribution in [0.25, 0.3) is 11.0 Å². The zero-order chi connectivity index (χ0) is 14.7. The Balaban J connectivity index is 2.07. The summed E-state index contributed by atoms with van der Waals surface area (Å²) in [4.78, 5) is 4.87. The minimum atomic E-state index is 0.551. The fourth-order valence-electron chi connectivity index (χ4n) is 3.81. The topological polar surface area (TPSA) is 29.9 Å². The summed E-state index contributed by atoms with van der Waals surface area (Å²) in [6, 6.07) is 9.74. The van der Waals surface area contributed by atoms with Crippen LogP contribution in [0.15, 0.2) is 24.3 Å². The number of nitrogens with one attached hydrogen (secondary N) is 1. The van der Waals surface area contributed by atoms with Gasteiger partial charge in [-0.2, -0.15) is 0 Å². The molecule has 114 valence electrons. The molecule has 1 aromatic heterocycles. The van der Waals surface area contributed by atoms with Crippen molar-refractivity contribution in [3.63, 3.8) is 0 Å². The molecule has 1 N–H and O–H groups in total. The van der Waals surface area contributed by atoms with Gasteiger partial charge in [-0.25, -0.2) is 4.98 Å². The van der Waals surface area contributed by atoms with Crippen molar-refractivity contribution >= 4 is 11.0 Å². The van der Waals surface area contributed by atoms with Crippen molar-refractivity contribution in [2.24, 2.45) is 0 Å². The molecule has 3 heteroatoms. The molecular weight excluding hydrogens is 258 g/mol. The molecule has 1 fully saturated rings. The van der Waals surface area contributed by atoms with Gasteiger partial charge in [0.25, 0.3) is 0 Å². The van der Waals surface area contributed by atoms with Crippen LogP contribution in [-0.4, -0.2) is 22.1 Å². The first-order valence-electron chi connectivity index (χ1n) is 8.54. The quantitative estimate of drug-likeness (QED) is 0.858. The van der Waals surface area contributed by atoms with E-state index in [1.807, 2.05) is 0 Å². The van der Waals surface area contributed by atoms with Gasteiger partial charge in [0.15, 0.2) is 0 Å². The third kappa shape index (κ3) is 2.84. The van der Waals surface area contributed by atoms with Gasteiger partial charge in [0.05, 0.1) is 17.1 Å². The highest BCUT2D eigenvalue weighted by Gasteiger charge is 2.27. The molecule has 21 heavy (non-hydrogen) atoms. The van der Waals surface area contributed by atoms with E-state index in [9.17, 15) is 0 Å². The Labute approximate surface area is 127 Å². The van der Waals surface area contributed by atoms with Gasteiger partial charge >= 0.3 is 0 Å². The Kier molecular flexibility index (Phi) is 4.59. The van der Waals surface area contributed by atoms with Crippen LogP contribution in [-0.2, 0) is 6.42 Å². The van der Waals surface area contributed by atoms with Crippen LogP contribution in [0, 0.1) is 0 Å². The number of likely N-dealkylation sites (N-methyl/N-ethyl adjacent to an activating group) is 1. The number of hydrogen-bond acceptors (Lipinski definition) is 2. The lowest BCUT2D eigenvalue weighted by atomic mass is 10.0. The number of aryl methyl sites for hydroxylation is 1. The van der Waals surface area contributed by atoms with Crippen molar-refractivity contribution < 1.29 is 0 Å². The number of para-hydroxylation sites is 2. The van der Waals surface area contributed by atoms with Gasteiger partial charge in [-0.05, 0) is 31.5 Å². The number of fused-ring (bicyclic) bond motifs is 1. The first-order valence-corrected chi connectivity index (χ1v) is 8.54. The molecule has 0 saturated heterocycles. The van der Waals surface area contributed by atoms with E-state index in [0.717, 1.165) is 18.5 Å². The molecule has 2 unspecified atom stereocenters. The van der Waals surface area contributed by atoms with Gasteiger partial charge in [-0.15, -0.1) is 0 Å². The summed E-state index contributed by atoms with van der Waals surface area (Å²) in [6.45, 7) is 5.49. The maximum Gasteiger partial charge on any atom is 0.109 e. The van der Waals surface area contributed by atoms with E-state index in [2.05, 4.69) is 48.0 Å². The fraction of sp³-hybridized carbons (Fsp3) is 0.611. The molecular formula is C18H27N3. The van der Waals surface area contributed by atoms with Crippen LogP contribution in [0.3, 0.4) is 0 Å². The van der Waals surface area contributed by atoms with E-state index in [1.54, 1.807) is 0 Å². The minimum Gasteiger partial charge on any atom is -0.323 e. The highest BCUT2D eigenvalue weighted by Crippen LogP contribution is 2.32. The second kappa shape index (κ2) is 6.61. The summed E-state index contributed by atoms with van der Waals surface area (Å²) in [5.41, 5.74) is 2.46. The Morgan fingerprint density at radius 3 is 2.76 bits per heavy atom. The lowest BCUT2D eigenvalue weighted by molar-refractivity contribution is 0.335. The molecule has 2 aromatic rings. The van der Waals surface area contributed by atoms with Crippen molar-refractivity contribution in [1.82, 2.24) is 14.9 Å². The smallest absolute Gasteiger partial charge is 0.109 e. The average molecular weight is 285 g/mol. The molecule has 1 aromatic carbocycles. The van der Waals surface area contributed by atoms with Crippen LogP contribution < -0.4 is 5.32 Å². The number of imidazole rings is 1. The molecule has 0 aliphatic heterocycles. The van der Waals surface area contributed by atoms with Gasteiger partial charge in [0.1, 0.15) is 5.82 Å². The molecule has 0 bridgehead atoms. The van der Waals surface area contributed by atoms with Crippen molar-refractivity contribution in [3.05, 3.63) is 30.1 Å². The standard InChI is InChI=1S/C18H27N3/c1-3-18-20-15-11-8-9-13-17(15)21(18)16-12-7-5-6-10-14(16)19-4-2/h8-9,11,13-14,16,19H,3-7,10,12H2,1-2H3. The van der Waals surface area contributed by atoms with E-state index >= 15 is 0 Å². The molecule has 2 atom stereocenters. The van der Waals surface area contributed by atoms with Gasteiger partial charge in [-0.3, -0.25) is 0 Å². The lowest BCUT2D eigenvalue weighted by Gasteiger charge is -2.29. The zero-order valence-corrected chi connectivity index (χ0v) is 13.3. The van der Waals surface area contributed by atoms with Crippen LogP contribution in [0.1, 0.15) is 57.8 Å². The highest BCUT2D eigenvalue weighted by molar-refractivity contribution is 5.76. The van der Waals surface area contributed by atoms with E-state index in [0.29, 0.717) is 12.1 Å². The van der Waals surface area contributed by atoms with E-state index < -0.39 is 0 Å². The van der Waals surface area contributed by atoms with Crippen molar-refractivity contribution in [1.29, 1.82) is 0 Å². The van der Waals surface area contributed by atoms with Crippen molar-refractivity contribution in [3.8, 4) is 0 Å². The Morgan fingerprint density at radius 1 is 1.14 bits per heavy atom. The molecule has 1 aliphatic rings. The van der Waals surface area contributed by atoms with Crippen LogP contribution >= 0.6 is 0 Å². The van der Waals surface area contributed by atoms with Crippen LogP contribution in [0.2, 0.25) is 0 Å². The first kappa shape index (κ1) is 14.6.